The minimum absolute atomic E-state index is 0.218. The summed E-state index contributed by atoms with van der Waals surface area (Å²) in [6.45, 7) is 3.66. The molecule has 5 heteroatoms. The summed E-state index contributed by atoms with van der Waals surface area (Å²) in [4.78, 5) is 0. The largest absolute Gasteiger partial charge is 0.573 e. The Kier molecular flexibility index (Phi) is 3.38. The van der Waals surface area contributed by atoms with Gasteiger partial charge in [0.15, 0.2) is 0 Å². The van der Waals surface area contributed by atoms with Crippen molar-refractivity contribution in [1.29, 1.82) is 0 Å². The summed E-state index contributed by atoms with van der Waals surface area (Å²) in [5.74, 6) is -0.218. The van der Waals surface area contributed by atoms with Gasteiger partial charge in [0.2, 0.25) is 0 Å². The molecule has 1 aromatic carbocycles. The van der Waals surface area contributed by atoms with Crippen LogP contribution in [0.25, 0.3) is 17.2 Å². The van der Waals surface area contributed by atoms with Crippen molar-refractivity contribution in [2.45, 2.75) is 6.36 Å². The molecule has 2 nitrogen and oxygen atoms in total. The predicted octanol–water partition coefficient (Wildman–Crippen LogP) is 4.23. The molecule has 0 spiro atoms. The summed E-state index contributed by atoms with van der Waals surface area (Å²) >= 11 is 0. The van der Waals surface area contributed by atoms with Crippen LogP contribution in [0.3, 0.4) is 0 Å². The molecule has 0 amide bonds. The third kappa shape index (κ3) is 2.99. The van der Waals surface area contributed by atoms with Crippen molar-refractivity contribution in [2.75, 3.05) is 0 Å². The average molecular weight is 267 g/mol. The van der Waals surface area contributed by atoms with E-state index in [1.165, 1.54) is 12.1 Å². The molecule has 0 bridgehead atoms. The van der Waals surface area contributed by atoms with Crippen LogP contribution in [0.5, 0.6) is 5.75 Å². The molecule has 2 aromatic rings. The maximum Gasteiger partial charge on any atom is 0.573 e. The van der Waals surface area contributed by atoms with E-state index in [-0.39, 0.29) is 5.75 Å². The van der Waals surface area contributed by atoms with Crippen LogP contribution >= 0.6 is 0 Å². The van der Waals surface area contributed by atoms with Gasteiger partial charge in [0.1, 0.15) is 5.75 Å². The number of para-hydroxylation sites is 1. The van der Waals surface area contributed by atoms with E-state index in [1.807, 2.05) is 0 Å². The molecule has 0 saturated heterocycles. The van der Waals surface area contributed by atoms with E-state index in [4.69, 9.17) is 0 Å². The number of halogens is 3. The second-order valence-corrected chi connectivity index (χ2v) is 4.04. The molecule has 19 heavy (non-hydrogen) atoms. The highest BCUT2D eigenvalue weighted by Crippen LogP contribution is 2.36. The number of hydrogen-bond donors (Lipinski definition) is 0. The van der Waals surface area contributed by atoms with Crippen LogP contribution in [0.15, 0.2) is 43.2 Å². The number of alkyl halides is 3. The van der Waals surface area contributed by atoms with Gasteiger partial charge in [-0.3, -0.25) is 0 Å². The van der Waals surface area contributed by atoms with E-state index in [2.05, 4.69) is 11.3 Å². The lowest BCUT2D eigenvalue weighted by molar-refractivity contribution is -0.274. The molecule has 0 radical (unpaired) electrons. The molecule has 1 aromatic heterocycles. The summed E-state index contributed by atoms with van der Waals surface area (Å²) in [7, 11) is 1.80. The number of hydrogen-bond acceptors (Lipinski definition) is 1. The Hall–Kier alpha value is -2.17. The van der Waals surface area contributed by atoms with Gasteiger partial charge in [0.25, 0.3) is 0 Å². The first-order valence-corrected chi connectivity index (χ1v) is 5.54. The molecule has 0 aliphatic heterocycles. The van der Waals surface area contributed by atoms with E-state index in [1.54, 1.807) is 42.2 Å². The molecule has 1 heterocycles. The van der Waals surface area contributed by atoms with Crippen LogP contribution < -0.4 is 4.74 Å². The Labute approximate surface area is 108 Å². The summed E-state index contributed by atoms with van der Waals surface area (Å²) in [5, 5.41) is 0. The first-order valence-electron chi connectivity index (χ1n) is 5.54. The zero-order valence-electron chi connectivity index (χ0n) is 10.2. The Morgan fingerprint density at radius 1 is 1.16 bits per heavy atom. The lowest BCUT2D eigenvalue weighted by Crippen LogP contribution is -2.17. The lowest BCUT2D eigenvalue weighted by Gasteiger charge is -2.13. The first kappa shape index (κ1) is 13.3. The van der Waals surface area contributed by atoms with Crippen molar-refractivity contribution in [3.8, 4) is 16.9 Å². The topological polar surface area (TPSA) is 14.2 Å². The fourth-order valence-electron chi connectivity index (χ4n) is 1.89. The number of benzene rings is 1. The van der Waals surface area contributed by atoms with Gasteiger partial charge >= 0.3 is 6.36 Å². The molecule has 0 saturated carbocycles. The van der Waals surface area contributed by atoms with Gasteiger partial charge in [0, 0.05) is 30.6 Å². The van der Waals surface area contributed by atoms with Crippen LogP contribution in [0.2, 0.25) is 0 Å². The molecular weight excluding hydrogens is 255 g/mol. The third-order valence-corrected chi connectivity index (χ3v) is 2.61. The molecule has 0 atom stereocenters. The molecule has 2 rings (SSSR count). The number of ether oxygens (including phenoxy) is 1. The quantitative estimate of drug-likeness (QED) is 0.811. The zero-order valence-corrected chi connectivity index (χ0v) is 10.2. The van der Waals surface area contributed by atoms with Crippen LogP contribution in [0.1, 0.15) is 5.56 Å². The fraction of sp³-hybridized carbons (Fsp3) is 0.143. The number of aromatic nitrogens is 1. The fourth-order valence-corrected chi connectivity index (χ4v) is 1.89. The smallest absolute Gasteiger partial charge is 0.405 e. The SMILES string of the molecule is C=Cc1cn(C)cc1-c1ccccc1OC(F)(F)F. The van der Waals surface area contributed by atoms with Gasteiger partial charge in [-0.1, -0.05) is 30.9 Å². The van der Waals surface area contributed by atoms with Crippen molar-refractivity contribution >= 4 is 6.08 Å². The van der Waals surface area contributed by atoms with E-state index in [0.717, 1.165) is 5.56 Å². The number of nitrogens with zero attached hydrogens (tertiary/aromatic N) is 1. The normalized spacial score (nSPS) is 11.4. The van der Waals surface area contributed by atoms with Crippen molar-refractivity contribution in [1.82, 2.24) is 4.57 Å². The second-order valence-electron chi connectivity index (χ2n) is 4.04. The van der Waals surface area contributed by atoms with Gasteiger partial charge in [0.05, 0.1) is 0 Å². The van der Waals surface area contributed by atoms with E-state index in [0.29, 0.717) is 11.1 Å². The van der Waals surface area contributed by atoms with Gasteiger partial charge in [-0.15, -0.1) is 13.2 Å². The summed E-state index contributed by atoms with van der Waals surface area (Å²) < 4.78 is 42.9. The van der Waals surface area contributed by atoms with Crippen molar-refractivity contribution in [3.05, 3.63) is 48.8 Å². The molecule has 0 unspecified atom stereocenters. The minimum Gasteiger partial charge on any atom is -0.405 e. The van der Waals surface area contributed by atoms with Crippen LogP contribution in [-0.2, 0) is 7.05 Å². The third-order valence-electron chi connectivity index (χ3n) is 2.61. The maximum absolute atomic E-state index is 12.4. The molecule has 100 valence electrons. The van der Waals surface area contributed by atoms with Gasteiger partial charge in [-0.2, -0.15) is 0 Å². The van der Waals surface area contributed by atoms with Crippen molar-refractivity contribution in [3.63, 3.8) is 0 Å². The van der Waals surface area contributed by atoms with Crippen molar-refractivity contribution in [2.24, 2.45) is 7.05 Å². The Balaban J connectivity index is 2.53. The first-order chi connectivity index (χ1) is 8.90. The summed E-state index contributed by atoms with van der Waals surface area (Å²) in [6, 6.07) is 6.05. The van der Waals surface area contributed by atoms with Gasteiger partial charge in [-0.25, -0.2) is 0 Å². The standard InChI is InChI=1S/C14H12F3NO/c1-3-10-8-18(2)9-12(10)11-6-4-5-7-13(11)19-14(15,16)17/h3-9H,1H2,2H3. The maximum atomic E-state index is 12.4. The van der Waals surface area contributed by atoms with Crippen molar-refractivity contribution < 1.29 is 17.9 Å². The van der Waals surface area contributed by atoms with E-state index >= 15 is 0 Å². The molecule has 0 fully saturated rings. The number of aryl methyl sites for hydroxylation is 1. The second kappa shape index (κ2) is 4.84. The van der Waals surface area contributed by atoms with Crippen LogP contribution in [0, 0.1) is 0 Å². The summed E-state index contributed by atoms with van der Waals surface area (Å²) in [6.07, 6.45) is 0.404. The Morgan fingerprint density at radius 2 is 1.84 bits per heavy atom. The molecule has 0 aliphatic rings. The lowest BCUT2D eigenvalue weighted by atomic mass is 10.0. The van der Waals surface area contributed by atoms with E-state index in [9.17, 15) is 13.2 Å². The highest BCUT2D eigenvalue weighted by Gasteiger charge is 2.32. The van der Waals surface area contributed by atoms with Crippen LogP contribution in [-0.4, -0.2) is 10.9 Å². The monoisotopic (exact) mass is 267 g/mol. The van der Waals surface area contributed by atoms with Crippen LogP contribution in [0.4, 0.5) is 13.2 Å². The molecule has 0 N–H and O–H groups in total. The predicted molar refractivity (Wildman–Crippen MR) is 67.6 cm³/mol. The highest BCUT2D eigenvalue weighted by atomic mass is 19.4. The van der Waals surface area contributed by atoms with Gasteiger partial charge < -0.3 is 9.30 Å². The number of rotatable bonds is 3. The molecule has 0 aliphatic carbocycles. The minimum atomic E-state index is -4.71. The average Bonchev–Trinajstić information content (AvgIpc) is 2.69. The van der Waals surface area contributed by atoms with Gasteiger partial charge in [-0.05, 0) is 11.6 Å². The Morgan fingerprint density at radius 3 is 2.47 bits per heavy atom. The zero-order chi connectivity index (χ0) is 14.0. The summed E-state index contributed by atoms with van der Waals surface area (Å²) in [5.41, 5.74) is 1.79. The molecular formula is C14H12F3NO. The Bertz CT molecular complexity index is 599. The highest BCUT2D eigenvalue weighted by molar-refractivity contribution is 5.78. The van der Waals surface area contributed by atoms with E-state index < -0.39 is 6.36 Å².